The number of benzene rings is 2. The van der Waals surface area contributed by atoms with Gasteiger partial charge >= 0.3 is 0 Å². The molecule has 0 saturated heterocycles. The topological polar surface area (TPSA) is 58.2 Å². The predicted octanol–water partition coefficient (Wildman–Crippen LogP) is 3.57. The van der Waals surface area contributed by atoms with Gasteiger partial charge in [-0.05, 0) is 60.6 Å². The summed E-state index contributed by atoms with van der Waals surface area (Å²) < 4.78 is 0. The number of rotatable bonds is 5. The number of carbonyl (C=O) groups is 2. The van der Waals surface area contributed by atoms with Gasteiger partial charge in [0.25, 0.3) is 5.91 Å². The molecule has 1 atom stereocenters. The van der Waals surface area contributed by atoms with Crippen LogP contribution in [0.25, 0.3) is 0 Å². The lowest BCUT2D eigenvalue weighted by Crippen LogP contribution is -2.47. The van der Waals surface area contributed by atoms with E-state index >= 15 is 0 Å². The molecule has 25 heavy (non-hydrogen) atoms. The van der Waals surface area contributed by atoms with Crippen LogP contribution in [0, 0.1) is 5.92 Å². The zero-order chi connectivity index (χ0) is 17.8. The Kier molecular flexibility index (Phi) is 5.17. The van der Waals surface area contributed by atoms with E-state index in [1.54, 1.807) is 12.1 Å². The third-order valence-corrected chi connectivity index (χ3v) is 4.64. The van der Waals surface area contributed by atoms with Crippen LogP contribution in [0.2, 0.25) is 0 Å². The number of anilines is 1. The first-order chi connectivity index (χ1) is 12.0. The van der Waals surface area contributed by atoms with Crippen molar-refractivity contribution >= 4 is 17.5 Å². The minimum atomic E-state index is -0.582. The summed E-state index contributed by atoms with van der Waals surface area (Å²) in [6.45, 7) is 3.86. The van der Waals surface area contributed by atoms with Crippen LogP contribution in [0.1, 0.15) is 41.8 Å². The highest BCUT2D eigenvalue weighted by atomic mass is 16.2. The summed E-state index contributed by atoms with van der Waals surface area (Å²) in [5.41, 5.74) is 4.03. The van der Waals surface area contributed by atoms with Gasteiger partial charge in [0.05, 0.1) is 0 Å². The van der Waals surface area contributed by atoms with E-state index in [0.717, 1.165) is 18.5 Å². The fourth-order valence-corrected chi connectivity index (χ4v) is 3.22. The number of aryl methyl sites for hydroxylation is 2. The molecule has 2 amide bonds. The largest absolute Gasteiger partial charge is 0.340 e. The van der Waals surface area contributed by atoms with E-state index < -0.39 is 6.04 Å². The van der Waals surface area contributed by atoms with Gasteiger partial charge in [-0.1, -0.05) is 38.1 Å². The van der Waals surface area contributed by atoms with Crippen molar-refractivity contribution in [1.82, 2.24) is 5.32 Å². The van der Waals surface area contributed by atoms with Crippen molar-refractivity contribution in [3.8, 4) is 0 Å². The molecule has 3 rings (SSSR count). The molecule has 4 nitrogen and oxygen atoms in total. The smallest absolute Gasteiger partial charge is 0.251 e. The SMILES string of the molecule is CC(C)C(NC(=O)c1ccccc1)C(=O)Nc1ccc2c(c1)CCC2. The molecule has 0 spiro atoms. The average Bonchev–Trinajstić information content (AvgIpc) is 3.07. The van der Waals surface area contributed by atoms with Gasteiger partial charge in [-0.2, -0.15) is 0 Å². The zero-order valence-corrected chi connectivity index (χ0v) is 14.7. The van der Waals surface area contributed by atoms with Gasteiger partial charge in [-0.25, -0.2) is 0 Å². The highest BCUT2D eigenvalue weighted by Gasteiger charge is 2.25. The van der Waals surface area contributed by atoms with Crippen molar-refractivity contribution in [2.45, 2.75) is 39.2 Å². The van der Waals surface area contributed by atoms with Crippen LogP contribution >= 0.6 is 0 Å². The number of hydrogen-bond donors (Lipinski definition) is 2. The van der Waals surface area contributed by atoms with E-state index in [1.165, 1.54) is 17.5 Å². The number of carbonyl (C=O) groups excluding carboxylic acids is 2. The summed E-state index contributed by atoms with van der Waals surface area (Å²) in [5, 5.41) is 5.81. The molecule has 4 heteroatoms. The quantitative estimate of drug-likeness (QED) is 0.877. The molecule has 1 unspecified atom stereocenters. The van der Waals surface area contributed by atoms with E-state index in [2.05, 4.69) is 22.8 Å². The first kappa shape index (κ1) is 17.2. The van der Waals surface area contributed by atoms with Gasteiger partial charge in [0.15, 0.2) is 0 Å². The van der Waals surface area contributed by atoms with E-state index in [4.69, 9.17) is 0 Å². The molecule has 0 saturated carbocycles. The molecule has 1 aliphatic carbocycles. The zero-order valence-electron chi connectivity index (χ0n) is 14.7. The van der Waals surface area contributed by atoms with Crippen LogP contribution in [-0.2, 0) is 17.6 Å². The van der Waals surface area contributed by atoms with Gasteiger partial charge in [0, 0.05) is 11.3 Å². The minimum Gasteiger partial charge on any atom is -0.340 e. The number of fused-ring (bicyclic) bond motifs is 1. The Balaban J connectivity index is 1.70. The van der Waals surface area contributed by atoms with Crippen molar-refractivity contribution in [3.63, 3.8) is 0 Å². The van der Waals surface area contributed by atoms with Crippen LogP contribution in [-0.4, -0.2) is 17.9 Å². The first-order valence-corrected chi connectivity index (χ1v) is 8.83. The van der Waals surface area contributed by atoms with Crippen molar-refractivity contribution in [2.24, 2.45) is 5.92 Å². The van der Waals surface area contributed by atoms with Crippen LogP contribution in [0.3, 0.4) is 0 Å². The Morgan fingerprint density at radius 3 is 2.40 bits per heavy atom. The Hall–Kier alpha value is -2.62. The van der Waals surface area contributed by atoms with Gasteiger partial charge in [0.2, 0.25) is 5.91 Å². The highest BCUT2D eigenvalue weighted by Crippen LogP contribution is 2.25. The second-order valence-electron chi connectivity index (χ2n) is 6.89. The van der Waals surface area contributed by atoms with Gasteiger partial charge in [-0.3, -0.25) is 9.59 Å². The van der Waals surface area contributed by atoms with Crippen LogP contribution < -0.4 is 10.6 Å². The van der Waals surface area contributed by atoms with E-state index in [9.17, 15) is 9.59 Å². The number of hydrogen-bond acceptors (Lipinski definition) is 2. The fourth-order valence-electron chi connectivity index (χ4n) is 3.22. The molecular weight excluding hydrogens is 312 g/mol. The maximum absolute atomic E-state index is 12.7. The van der Waals surface area contributed by atoms with Crippen molar-refractivity contribution in [1.29, 1.82) is 0 Å². The number of nitrogens with one attached hydrogen (secondary N) is 2. The average molecular weight is 336 g/mol. The Labute approximate surface area is 148 Å². The van der Waals surface area contributed by atoms with Gasteiger partial charge in [0.1, 0.15) is 6.04 Å². The molecule has 2 N–H and O–H groups in total. The molecule has 0 aliphatic heterocycles. The van der Waals surface area contributed by atoms with Gasteiger partial charge in [-0.15, -0.1) is 0 Å². The molecule has 0 bridgehead atoms. The monoisotopic (exact) mass is 336 g/mol. The van der Waals surface area contributed by atoms with Crippen LogP contribution in [0.5, 0.6) is 0 Å². The lowest BCUT2D eigenvalue weighted by atomic mass is 10.0. The van der Waals surface area contributed by atoms with Crippen molar-refractivity contribution in [2.75, 3.05) is 5.32 Å². The highest BCUT2D eigenvalue weighted by molar-refractivity contribution is 6.01. The maximum Gasteiger partial charge on any atom is 0.251 e. The Bertz CT molecular complexity index is 769. The van der Waals surface area contributed by atoms with E-state index in [-0.39, 0.29) is 17.7 Å². The Morgan fingerprint density at radius 2 is 1.68 bits per heavy atom. The molecule has 0 heterocycles. The molecular formula is C21H24N2O2. The fraction of sp³-hybridized carbons (Fsp3) is 0.333. The van der Waals surface area contributed by atoms with Crippen molar-refractivity contribution < 1.29 is 9.59 Å². The molecule has 2 aromatic rings. The lowest BCUT2D eigenvalue weighted by Gasteiger charge is -2.22. The second kappa shape index (κ2) is 7.51. The Morgan fingerprint density at radius 1 is 0.960 bits per heavy atom. The summed E-state index contributed by atoms with van der Waals surface area (Å²) >= 11 is 0. The third-order valence-electron chi connectivity index (χ3n) is 4.64. The number of amides is 2. The molecule has 0 aromatic heterocycles. The van der Waals surface area contributed by atoms with Crippen LogP contribution in [0.15, 0.2) is 48.5 Å². The molecule has 0 radical (unpaired) electrons. The van der Waals surface area contributed by atoms with Crippen molar-refractivity contribution in [3.05, 3.63) is 65.2 Å². The minimum absolute atomic E-state index is 0.0120. The molecule has 130 valence electrons. The summed E-state index contributed by atoms with van der Waals surface area (Å²) in [6, 6.07) is 14.5. The first-order valence-electron chi connectivity index (χ1n) is 8.83. The lowest BCUT2D eigenvalue weighted by molar-refractivity contribution is -0.118. The summed E-state index contributed by atoms with van der Waals surface area (Å²) in [6.07, 6.45) is 3.36. The normalized spacial score (nSPS) is 14.0. The van der Waals surface area contributed by atoms with Crippen LogP contribution in [0.4, 0.5) is 5.69 Å². The summed E-state index contributed by atoms with van der Waals surface area (Å²) in [5.74, 6) is -0.428. The standard InChI is InChI=1S/C21H24N2O2/c1-14(2)19(23-20(24)16-7-4-3-5-8-16)21(25)22-18-12-11-15-9-6-10-17(15)13-18/h3-5,7-8,11-14,19H,6,9-10H2,1-2H3,(H,22,25)(H,23,24). The summed E-state index contributed by atoms with van der Waals surface area (Å²) in [4.78, 5) is 25.1. The molecule has 1 aliphatic rings. The molecule has 2 aromatic carbocycles. The predicted molar refractivity (Wildman–Crippen MR) is 99.6 cm³/mol. The molecule has 0 fully saturated rings. The maximum atomic E-state index is 12.7. The second-order valence-corrected chi connectivity index (χ2v) is 6.89. The van der Waals surface area contributed by atoms with Gasteiger partial charge < -0.3 is 10.6 Å². The summed E-state index contributed by atoms with van der Waals surface area (Å²) in [7, 11) is 0. The van der Waals surface area contributed by atoms with E-state index in [0.29, 0.717) is 5.56 Å². The van der Waals surface area contributed by atoms with E-state index in [1.807, 2.05) is 38.1 Å². The third kappa shape index (κ3) is 4.08.